The van der Waals surface area contributed by atoms with Gasteiger partial charge in [0, 0.05) is 13.2 Å². The Morgan fingerprint density at radius 1 is 1.56 bits per heavy atom. The van der Waals surface area contributed by atoms with E-state index in [0.29, 0.717) is 17.4 Å². The fourth-order valence-corrected chi connectivity index (χ4v) is 1.41. The van der Waals surface area contributed by atoms with Crippen LogP contribution in [0.3, 0.4) is 0 Å². The van der Waals surface area contributed by atoms with Crippen LogP contribution in [-0.4, -0.2) is 19.7 Å². The Morgan fingerprint density at radius 3 is 3.06 bits per heavy atom. The molecule has 0 saturated carbocycles. The fourth-order valence-electron chi connectivity index (χ4n) is 1.25. The average molecular weight is 239 g/mol. The highest BCUT2D eigenvalue weighted by Crippen LogP contribution is 2.18. The van der Waals surface area contributed by atoms with Crippen LogP contribution in [0.15, 0.2) is 18.5 Å². The van der Waals surface area contributed by atoms with Gasteiger partial charge in [-0.25, -0.2) is 4.98 Å². The Kier molecular flexibility index (Phi) is 2.91. The average Bonchev–Trinajstić information content (AvgIpc) is 2.66. The summed E-state index contributed by atoms with van der Waals surface area (Å²) >= 11 is 5.91. The van der Waals surface area contributed by atoms with Gasteiger partial charge in [0.2, 0.25) is 5.95 Å². The molecule has 0 saturated heterocycles. The molecule has 0 spiro atoms. The largest absolute Gasteiger partial charge is 0.368 e. The van der Waals surface area contributed by atoms with Gasteiger partial charge in [0.25, 0.3) is 0 Å². The standard InChI is InChI=1S/C9H11ClN6/c1-16-6(2-3-14-16)4-12-8-7(10)5-13-9(11)15-8/h2-3,5H,4H2,1H3,(H3,11,12,13,15). The van der Waals surface area contributed by atoms with Crippen molar-refractivity contribution in [2.75, 3.05) is 11.1 Å². The first-order valence-electron chi connectivity index (χ1n) is 4.65. The minimum absolute atomic E-state index is 0.192. The second-order valence-corrected chi connectivity index (χ2v) is 3.63. The van der Waals surface area contributed by atoms with E-state index in [1.54, 1.807) is 10.9 Å². The second-order valence-electron chi connectivity index (χ2n) is 3.22. The molecule has 3 N–H and O–H groups in total. The first kappa shape index (κ1) is 10.7. The maximum absolute atomic E-state index is 5.91. The zero-order valence-electron chi connectivity index (χ0n) is 8.68. The van der Waals surface area contributed by atoms with Crippen molar-refractivity contribution in [2.24, 2.45) is 7.05 Å². The third kappa shape index (κ3) is 2.22. The number of halogens is 1. The number of aromatic nitrogens is 4. The van der Waals surface area contributed by atoms with Gasteiger partial charge in [-0.1, -0.05) is 11.6 Å². The maximum Gasteiger partial charge on any atom is 0.222 e. The third-order valence-electron chi connectivity index (χ3n) is 2.12. The second kappa shape index (κ2) is 4.36. The van der Waals surface area contributed by atoms with E-state index >= 15 is 0 Å². The number of nitrogens with two attached hydrogens (primary N) is 1. The molecular formula is C9H11ClN6. The Hall–Kier alpha value is -1.82. The quantitative estimate of drug-likeness (QED) is 0.836. The van der Waals surface area contributed by atoms with Crippen LogP contribution in [0.5, 0.6) is 0 Å². The molecule has 2 aromatic rings. The Balaban J connectivity index is 2.10. The van der Waals surface area contributed by atoms with Crippen LogP contribution in [0.4, 0.5) is 11.8 Å². The van der Waals surface area contributed by atoms with E-state index in [2.05, 4.69) is 20.4 Å². The number of hydrogen-bond donors (Lipinski definition) is 2. The van der Waals surface area contributed by atoms with Crippen molar-refractivity contribution in [3.63, 3.8) is 0 Å². The zero-order valence-corrected chi connectivity index (χ0v) is 9.44. The van der Waals surface area contributed by atoms with E-state index in [9.17, 15) is 0 Å². The van der Waals surface area contributed by atoms with Crippen LogP contribution in [0.25, 0.3) is 0 Å². The minimum Gasteiger partial charge on any atom is -0.368 e. The number of aryl methyl sites for hydroxylation is 1. The van der Waals surface area contributed by atoms with Gasteiger partial charge in [0.1, 0.15) is 5.02 Å². The van der Waals surface area contributed by atoms with Gasteiger partial charge in [-0.2, -0.15) is 10.1 Å². The molecule has 0 bridgehead atoms. The molecule has 0 aliphatic carbocycles. The summed E-state index contributed by atoms with van der Waals surface area (Å²) < 4.78 is 1.77. The summed E-state index contributed by atoms with van der Waals surface area (Å²) in [5.74, 6) is 0.715. The molecule has 2 aromatic heterocycles. The van der Waals surface area contributed by atoms with Gasteiger partial charge >= 0.3 is 0 Å². The molecule has 0 unspecified atom stereocenters. The lowest BCUT2D eigenvalue weighted by molar-refractivity contribution is 0.720. The van der Waals surface area contributed by atoms with E-state index < -0.39 is 0 Å². The highest BCUT2D eigenvalue weighted by atomic mass is 35.5. The van der Waals surface area contributed by atoms with Crippen LogP contribution in [0, 0.1) is 0 Å². The predicted octanol–water partition coefficient (Wildman–Crippen LogP) is 1.06. The molecule has 6 nitrogen and oxygen atoms in total. The molecule has 0 aromatic carbocycles. The summed E-state index contributed by atoms with van der Waals surface area (Å²) in [6, 6.07) is 1.91. The van der Waals surface area contributed by atoms with Crippen LogP contribution in [0.2, 0.25) is 5.02 Å². The van der Waals surface area contributed by atoms with Gasteiger partial charge < -0.3 is 11.1 Å². The topological polar surface area (TPSA) is 81.7 Å². The molecule has 16 heavy (non-hydrogen) atoms. The highest BCUT2D eigenvalue weighted by Gasteiger charge is 2.04. The molecule has 7 heteroatoms. The number of nitrogens with one attached hydrogen (secondary N) is 1. The monoisotopic (exact) mass is 238 g/mol. The van der Waals surface area contributed by atoms with E-state index in [4.69, 9.17) is 17.3 Å². The highest BCUT2D eigenvalue weighted by molar-refractivity contribution is 6.32. The molecular weight excluding hydrogens is 228 g/mol. The first-order valence-corrected chi connectivity index (χ1v) is 5.03. The Bertz CT molecular complexity index is 494. The Morgan fingerprint density at radius 2 is 2.38 bits per heavy atom. The smallest absolute Gasteiger partial charge is 0.222 e. The van der Waals surface area contributed by atoms with Crippen LogP contribution in [-0.2, 0) is 13.6 Å². The summed E-state index contributed by atoms with van der Waals surface area (Å²) in [6.45, 7) is 0.576. The van der Waals surface area contributed by atoms with Crippen LogP contribution in [0.1, 0.15) is 5.69 Å². The fraction of sp³-hybridized carbons (Fsp3) is 0.222. The van der Waals surface area contributed by atoms with Gasteiger partial charge in [-0.3, -0.25) is 4.68 Å². The molecule has 0 aliphatic heterocycles. The van der Waals surface area contributed by atoms with Gasteiger partial charge in [0.15, 0.2) is 5.82 Å². The molecule has 2 rings (SSSR count). The van der Waals surface area contributed by atoms with Crippen molar-refractivity contribution in [3.05, 3.63) is 29.2 Å². The lowest BCUT2D eigenvalue weighted by atomic mass is 10.4. The number of anilines is 2. The lowest BCUT2D eigenvalue weighted by Crippen LogP contribution is -2.08. The minimum atomic E-state index is 0.192. The van der Waals surface area contributed by atoms with E-state index in [1.807, 2.05) is 13.1 Å². The van der Waals surface area contributed by atoms with Gasteiger partial charge in [0.05, 0.1) is 18.4 Å². The van der Waals surface area contributed by atoms with Crippen molar-refractivity contribution >= 4 is 23.4 Å². The summed E-state index contributed by atoms with van der Waals surface area (Å²) in [6.07, 6.45) is 3.20. The number of nitrogen functional groups attached to an aromatic ring is 1. The number of rotatable bonds is 3. The van der Waals surface area contributed by atoms with Crippen LogP contribution >= 0.6 is 11.6 Å². The number of hydrogen-bond acceptors (Lipinski definition) is 5. The Labute approximate surface area is 97.5 Å². The number of nitrogens with zero attached hydrogens (tertiary/aromatic N) is 4. The van der Waals surface area contributed by atoms with Crippen molar-refractivity contribution in [3.8, 4) is 0 Å². The van der Waals surface area contributed by atoms with E-state index in [0.717, 1.165) is 5.69 Å². The lowest BCUT2D eigenvalue weighted by Gasteiger charge is -2.07. The molecule has 0 aliphatic rings. The summed E-state index contributed by atoms with van der Waals surface area (Å²) in [4.78, 5) is 7.77. The normalized spacial score (nSPS) is 10.4. The molecule has 2 heterocycles. The van der Waals surface area contributed by atoms with Crippen molar-refractivity contribution in [2.45, 2.75) is 6.54 Å². The maximum atomic E-state index is 5.91. The van der Waals surface area contributed by atoms with Crippen molar-refractivity contribution < 1.29 is 0 Å². The summed E-state index contributed by atoms with van der Waals surface area (Å²) in [5, 5.41) is 7.57. The van der Waals surface area contributed by atoms with Gasteiger partial charge in [-0.05, 0) is 6.07 Å². The molecule has 0 atom stereocenters. The summed E-state index contributed by atoms with van der Waals surface area (Å²) in [7, 11) is 1.87. The van der Waals surface area contributed by atoms with Crippen molar-refractivity contribution in [1.29, 1.82) is 0 Å². The molecule has 0 fully saturated rings. The molecule has 0 radical (unpaired) electrons. The predicted molar refractivity (Wildman–Crippen MR) is 62.0 cm³/mol. The van der Waals surface area contributed by atoms with E-state index in [-0.39, 0.29) is 5.95 Å². The SMILES string of the molecule is Cn1nccc1CNc1nc(N)ncc1Cl. The molecule has 0 amide bonds. The summed E-state index contributed by atoms with van der Waals surface area (Å²) in [5.41, 5.74) is 6.49. The van der Waals surface area contributed by atoms with E-state index in [1.165, 1.54) is 6.20 Å². The zero-order chi connectivity index (χ0) is 11.5. The third-order valence-corrected chi connectivity index (χ3v) is 2.40. The van der Waals surface area contributed by atoms with Crippen LogP contribution < -0.4 is 11.1 Å². The molecule has 84 valence electrons. The van der Waals surface area contributed by atoms with Crippen molar-refractivity contribution in [1.82, 2.24) is 19.7 Å². The first-order chi connectivity index (χ1) is 7.66. The van der Waals surface area contributed by atoms with Gasteiger partial charge in [-0.15, -0.1) is 0 Å².